The molecule has 0 aliphatic carbocycles. The zero-order chi connectivity index (χ0) is 13.9. The molecule has 0 fully saturated rings. The summed E-state index contributed by atoms with van der Waals surface area (Å²) in [7, 11) is 0. The van der Waals surface area contributed by atoms with Crippen LogP contribution in [0.4, 0.5) is 15.8 Å². The van der Waals surface area contributed by atoms with E-state index in [1.54, 1.807) is 18.2 Å². The molecule has 0 bridgehead atoms. The molecule has 1 aliphatic rings. The number of anilines is 2. The standard InChI is InChI=1S/C16H15FN2O/c17-13-6-2-4-8-15(13)19-16(20)12-9-11-5-1-3-7-14(11)18-10-12/h1-8,12,18H,9-10H2,(H,19,20). The van der Waals surface area contributed by atoms with Gasteiger partial charge in [-0.05, 0) is 30.2 Å². The number of para-hydroxylation sites is 2. The number of fused-ring (bicyclic) bond motifs is 1. The van der Waals surface area contributed by atoms with Gasteiger partial charge in [0.1, 0.15) is 5.82 Å². The minimum Gasteiger partial charge on any atom is -0.384 e. The number of hydrogen-bond acceptors (Lipinski definition) is 2. The van der Waals surface area contributed by atoms with Crippen LogP contribution in [-0.4, -0.2) is 12.5 Å². The predicted molar refractivity (Wildman–Crippen MR) is 77.2 cm³/mol. The van der Waals surface area contributed by atoms with Crippen molar-refractivity contribution in [2.45, 2.75) is 6.42 Å². The average molecular weight is 270 g/mol. The van der Waals surface area contributed by atoms with Crippen molar-refractivity contribution in [3.63, 3.8) is 0 Å². The Balaban J connectivity index is 1.72. The van der Waals surface area contributed by atoms with Crippen LogP contribution in [-0.2, 0) is 11.2 Å². The Morgan fingerprint density at radius 1 is 1.15 bits per heavy atom. The van der Waals surface area contributed by atoms with Gasteiger partial charge in [0, 0.05) is 12.2 Å². The summed E-state index contributed by atoms with van der Waals surface area (Å²) >= 11 is 0. The molecule has 4 heteroatoms. The van der Waals surface area contributed by atoms with Crippen LogP contribution in [0, 0.1) is 11.7 Å². The highest BCUT2D eigenvalue weighted by Crippen LogP contribution is 2.25. The molecule has 0 spiro atoms. The lowest BCUT2D eigenvalue weighted by Crippen LogP contribution is -2.33. The first kappa shape index (κ1) is 12.7. The van der Waals surface area contributed by atoms with Crippen LogP contribution in [0.15, 0.2) is 48.5 Å². The first-order valence-corrected chi connectivity index (χ1v) is 6.61. The minimum absolute atomic E-state index is 0.155. The maximum absolute atomic E-state index is 13.5. The minimum atomic E-state index is -0.412. The molecule has 2 N–H and O–H groups in total. The van der Waals surface area contributed by atoms with Crippen molar-refractivity contribution in [3.05, 3.63) is 59.9 Å². The highest BCUT2D eigenvalue weighted by atomic mass is 19.1. The van der Waals surface area contributed by atoms with Gasteiger partial charge in [0.05, 0.1) is 11.6 Å². The average Bonchev–Trinajstić information content (AvgIpc) is 2.49. The molecule has 3 rings (SSSR count). The van der Waals surface area contributed by atoms with Crippen LogP contribution in [0.25, 0.3) is 0 Å². The van der Waals surface area contributed by atoms with Crippen molar-refractivity contribution in [3.8, 4) is 0 Å². The van der Waals surface area contributed by atoms with Gasteiger partial charge in [0.15, 0.2) is 0 Å². The van der Waals surface area contributed by atoms with Crippen LogP contribution in [0.2, 0.25) is 0 Å². The number of nitrogens with one attached hydrogen (secondary N) is 2. The summed E-state index contributed by atoms with van der Waals surface area (Å²) < 4.78 is 13.5. The molecule has 1 aliphatic heterocycles. The topological polar surface area (TPSA) is 41.1 Å². The Morgan fingerprint density at radius 2 is 1.90 bits per heavy atom. The number of carbonyl (C=O) groups excluding carboxylic acids is 1. The van der Waals surface area contributed by atoms with E-state index in [4.69, 9.17) is 0 Å². The fourth-order valence-corrected chi connectivity index (χ4v) is 2.42. The zero-order valence-electron chi connectivity index (χ0n) is 10.9. The fraction of sp³-hybridized carbons (Fsp3) is 0.188. The maximum atomic E-state index is 13.5. The molecule has 0 aromatic heterocycles. The van der Waals surface area contributed by atoms with Gasteiger partial charge in [-0.2, -0.15) is 0 Å². The Bertz CT molecular complexity index is 642. The fourth-order valence-electron chi connectivity index (χ4n) is 2.42. The first-order valence-electron chi connectivity index (χ1n) is 6.61. The van der Waals surface area contributed by atoms with Crippen molar-refractivity contribution >= 4 is 17.3 Å². The van der Waals surface area contributed by atoms with Crippen LogP contribution in [0.1, 0.15) is 5.56 Å². The zero-order valence-corrected chi connectivity index (χ0v) is 10.9. The van der Waals surface area contributed by atoms with Crippen LogP contribution in [0.5, 0.6) is 0 Å². The number of amides is 1. The van der Waals surface area contributed by atoms with E-state index >= 15 is 0 Å². The monoisotopic (exact) mass is 270 g/mol. The molecule has 102 valence electrons. The molecule has 2 aromatic carbocycles. The number of carbonyl (C=O) groups is 1. The number of benzene rings is 2. The lowest BCUT2D eigenvalue weighted by molar-refractivity contribution is -0.119. The molecule has 0 saturated heterocycles. The van der Waals surface area contributed by atoms with Gasteiger partial charge >= 0.3 is 0 Å². The van der Waals surface area contributed by atoms with Crippen molar-refractivity contribution in [2.75, 3.05) is 17.2 Å². The van der Waals surface area contributed by atoms with Gasteiger partial charge in [-0.25, -0.2) is 4.39 Å². The maximum Gasteiger partial charge on any atom is 0.229 e. The number of rotatable bonds is 2. The normalized spacial score (nSPS) is 16.9. The molecule has 20 heavy (non-hydrogen) atoms. The van der Waals surface area contributed by atoms with Gasteiger partial charge in [-0.3, -0.25) is 4.79 Å². The van der Waals surface area contributed by atoms with Gasteiger partial charge in [0.2, 0.25) is 5.91 Å². The molecule has 1 unspecified atom stereocenters. The molecule has 1 amide bonds. The third kappa shape index (κ3) is 2.50. The van der Waals surface area contributed by atoms with Crippen molar-refractivity contribution in [1.82, 2.24) is 0 Å². The van der Waals surface area contributed by atoms with E-state index in [1.807, 2.05) is 24.3 Å². The second kappa shape index (κ2) is 5.33. The van der Waals surface area contributed by atoms with Crippen LogP contribution < -0.4 is 10.6 Å². The molecular formula is C16H15FN2O. The molecule has 1 atom stereocenters. The lowest BCUT2D eigenvalue weighted by Gasteiger charge is -2.25. The summed E-state index contributed by atoms with van der Waals surface area (Å²) in [4.78, 5) is 12.2. The smallest absolute Gasteiger partial charge is 0.229 e. The van der Waals surface area contributed by atoms with E-state index < -0.39 is 5.82 Å². The van der Waals surface area contributed by atoms with E-state index in [9.17, 15) is 9.18 Å². The third-order valence-electron chi connectivity index (χ3n) is 3.53. The number of halogens is 1. The quantitative estimate of drug-likeness (QED) is 0.880. The molecule has 0 saturated carbocycles. The summed E-state index contributed by atoms with van der Waals surface area (Å²) in [5, 5.41) is 5.90. The largest absolute Gasteiger partial charge is 0.384 e. The van der Waals surface area contributed by atoms with E-state index in [0.29, 0.717) is 13.0 Å². The third-order valence-corrected chi connectivity index (χ3v) is 3.53. The van der Waals surface area contributed by atoms with E-state index in [2.05, 4.69) is 10.6 Å². The highest BCUT2D eigenvalue weighted by Gasteiger charge is 2.24. The first-order chi connectivity index (χ1) is 9.74. The molecule has 2 aromatic rings. The van der Waals surface area contributed by atoms with E-state index in [-0.39, 0.29) is 17.5 Å². The number of hydrogen-bond donors (Lipinski definition) is 2. The highest BCUT2D eigenvalue weighted by molar-refractivity contribution is 5.93. The van der Waals surface area contributed by atoms with Crippen molar-refractivity contribution in [1.29, 1.82) is 0 Å². The Morgan fingerprint density at radius 3 is 2.75 bits per heavy atom. The van der Waals surface area contributed by atoms with Gasteiger partial charge in [-0.1, -0.05) is 30.3 Å². The SMILES string of the molecule is O=C(Nc1ccccc1F)C1CNc2ccccc2C1. The second-order valence-electron chi connectivity index (χ2n) is 4.91. The Labute approximate surface area is 116 Å². The van der Waals surface area contributed by atoms with Gasteiger partial charge in [0.25, 0.3) is 0 Å². The molecular weight excluding hydrogens is 255 g/mol. The van der Waals surface area contributed by atoms with Crippen LogP contribution >= 0.6 is 0 Å². The lowest BCUT2D eigenvalue weighted by atomic mass is 9.93. The molecule has 0 radical (unpaired) electrons. The van der Waals surface area contributed by atoms with Gasteiger partial charge in [-0.15, -0.1) is 0 Å². The van der Waals surface area contributed by atoms with Crippen molar-refractivity contribution in [2.24, 2.45) is 5.92 Å². The summed E-state index contributed by atoms with van der Waals surface area (Å²) in [6.45, 7) is 0.567. The summed E-state index contributed by atoms with van der Waals surface area (Å²) in [5.41, 5.74) is 2.42. The predicted octanol–water partition coefficient (Wildman–Crippen LogP) is 3.05. The summed E-state index contributed by atoms with van der Waals surface area (Å²) in [6, 6.07) is 14.1. The van der Waals surface area contributed by atoms with E-state index in [1.165, 1.54) is 6.07 Å². The van der Waals surface area contributed by atoms with Crippen molar-refractivity contribution < 1.29 is 9.18 Å². The van der Waals surface area contributed by atoms with E-state index in [0.717, 1.165) is 11.3 Å². The van der Waals surface area contributed by atoms with Crippen LogP contribution in [0.3, 0.4) is 0 Å². The van der Waals surface area contributed by atoms with Gasteiger partial charge < -0.3 is 10.6 Å². The summed E-state index contributed by atoms with van der Waals surface area (Å²) in [6.07, 6.45) is 0.670. The molecule has 1 heterocycles. The second-order valence-corrected chi connectivity index (χ2v) is 4.91. The Kier molecular flexibility index (Phi) is 3.37. The Hall–Kier alpha value is -2.36. The molecule has 3 nitrogen and oxygen atoms in total. The summed E-state index contributed by atoms with van der Waals surface area (Å²) in [5.74, 6) is -0.758.